The summed E-state index contributed by atoms with van der Waals surface area (Å²) in [5.41, 5.74) is 4.76. The Balaban J connectivity index is 1.88. The van der Waals surface area contributed by atoms with Crippen LogP contribution in [0, 0.1) is 20.8 Å². The average molecular weight is 374 g/mol. The Morgan fingerprint density at radius 3 is 2.48 bits per heavy atom. The fourth-order valence-electron chi connectivity index (χ4n) is 3.14. The highest BCUT2D eigenvalue weighted by Gasteiger charge is 2.19. The van der Waals surface area contributed by atoms with Crippen molar-refractivity contribution in [2.24, 2.45) is 0 Å². The van der Waals surface area contributed by atoms with Gasteiger partial charge in [-0.05, 0) is 55.7 Å². The van der Waals surface area contributed by atoms with E-state index in [2.05, 4.69) is 38.2 Å². The fraction of sp³-hybridized carbons (Fsp3) is 0.250. The van der Waals surface area contributed by atoms with Crippen molar-refractivity contribution in [1.82, 2.24) is 5.32 Å². The zero-order valence-electron chi connectivity index (χ0n) is 14.7. The molecule has 0 bridgehead atoms. The lowest BCUT2D eigenvalue weighted by Gasteiger charge is -2.12. The van der Waals surface area contributed by atoms with Crippen molar-refractivity contribution in [1.29, 1.82) is 0 Å². The van der Waals surface area contributed by atoms with E-state index in [0.29, 0.717) is 22.2 Å². The number of aryl methyl sites for hydroxylation is 3. The summed E-state index contributed by atoms with van der Waals surface area (Å²) in [4.78, 5) is 13.3. The predicted molar refractivity (Wildman–Crippen MR) is 105 cm³/mol. The van der Waals surface area contributed by atoms with Crippen LogP contribution in [0.1, 0.15) is 31.9 Å². The molecule has 2 aromatic carbocycles. The van der Waals surface area contributed by atoms with Gasteiger partial charge in [-0.1, -0.05) is 29.3 Å². The number of nitrogens with one attached hydrogen (secondary N) is 1. The highest BCUT2D eigenvalue weighted by Crippen LogP contribution is 2.39. The third-order valence-electron chi connectivity index (χ3n) is 4.28. The molecule has 0 atom stereocenters. The molecule has 3 nitrogen and oxygen atoms in total. The first-order valence-electron chi connectivity index (χ1n) is 8.01. The maximum atomic E-state index is 12.7. The lowest BCUT2D eigenvalue weighted by molar-refractivity contribution is 0.0952. The number of methoxy groups -OCH3 is 1. The molecule has 3 aromatic rings. The van der Waals surface area contributed by atoms with E-state index in [0.717, 1.165) is 15.6 Å². The molecule has 1 N–H and O–H groups in total. The Morgan fingerprint density at radius 2 is 1.84 bits per heavy atom. The van der Waals surface area contributed by atoms with Crippen LogP contribution in [-0.2, 0) is 6.54 Å². The molecule has 3 rings (SSSR count). The molecule has 1 aromatic heterocycles. The summed E-state index contributed by atoms with van der Waals surface area (Å²) in [5, 5.41) is 4.52. The fourth-order valence-corrected chi connectivity index (χ4v) is 4.38. The van der Waals surface area contributed by atoms with Gasteiger partial charge in [-0.3, -0.25) is 4.79 Å². The van der Waals surface area contributed by atoms with Crippen LogP contribution in [0.3, 0.4) is 0 Å². The Morgan fingerprint density at radius 1 is 1.16 bits per heavy atom. The Kier molecular flexibility index (Phi) is 5.02. The smallest absolute Gasteiger partial charge is 0.265 e. The van der Waals surface area contributed by atoms with Crippen molar-refractivity contribution < 1.29 is 9.53 Å². The van der Waals surface area contributed by atoms with Crippen molar-refractivity contribution in [2.45, 2.75) is 27.3 Å². The number of amides is 1. The van der Waals surface area contributed by atoms with Gasteiger partial charge in [0.2, 0.25) is 0 Å². The molecule has 0 unspecified atom stereocenters. The topological polar surface area (TPSA) is 38.3 Å². The number of fused-ring (bicyclic) bond motifs is 1. The Bertz CT molecular complexity index is 939. The van der Waals surface area contributed by atoms with Gasteiger partial charge < -0.3 is 10.1 Å². The molecule has 0 fully saturated rings. The number of rotatable bonds is 4. The van der Waals surface area contributed by atoms with Crippen LogP contribution in [0.2, 0.25) is 5.02 Å². The van der Waals surface area contributed by atoms with Crippen LogP contribution in [0.15, 0.2) is 30.3 Å². The van der Waals surface area contributed by atoms with Crippen LogP contribution in [-0.4, -0.2) is 13.0 Å². The minimum atomic E-state index is -0.131. The molecule has 0 aliphatic rings. The summed E-state index contributed by atoms with van der Waals surface area (Å²) < 4.78 is 6.46. The zero-order valence-corrected chi connectivity index (χ0v) is 16.3. The van der Waals surface area contributed by atoms with E-state index in [1.807, 2.05) is 18.2 Å². The molecule has 0 spiro atoms. The first-order valence-corrected chi connectivity index (χ1v) is 9.21. The second kappa shape index (κ2) is 7.06. The average Bonchev–Trinajstić information content (AvgIpc) is 2.91. The zero-order chi connectivity index (χ0) is 18.1. The van der Waals surface area contributed by atoms with Gasteiger partial charge in [-0.2, -0.15) is 0 Å². The highest BCUT2D eigenvalue weighted by molar-refractivity contribution is 7.21. The summed E-state index contributed by atoms with van der Waals surface area (Å²) >= 11 is 7.49. The van der Waals surface area contributed by atoms with Gasteiger partial charge in [0, 0.05) is 21.7 Å². The number of ether oxygens (including phenoxy) is 1. The van der Waals surface area contributed by atoms with Crippen LogP contribution in [0.5, 0.6) is 5.75 Å². The van der Waals surface area contributed by atoms with Crippen LogP contribution in [0.4, 0.5) is 0 Å². The first-order chi connectivity index (χ1) is 11.9. The summed E-state index contributed by atoms with van der Waals surface area (Å²) in [6, 6.07) is 9.83. The van der Waals surface area contributed by atoms with E-state index >= 15 is 0 Å². The molecule has 0 aliphatic heterocycles. The number of carbonyl (C=O) groups excluding carboxylic acids is 1. The maximum Gasteiger partial charge on any atom is 0.265 e. The van der Waals surface area contributed by atoms with Gasteiger partial charge in [0.15, 0.2) is 0 Å². The van der Waals surface area contributed by atoms with Gasteiger partial charge in [-0.15, -0.1) is 11.3 Å². The van der Waals surface area contributed by atoms with E-state index in [4.69, 9.17) is 16.3 Å². The van der Waals surface area contributed by atoms with E-state index in [-0.39, 0.29) is 5.91 Å². The molecular weight excluding hydrogens is 354 g/mol. The molecule has 5 heteroatoms. The van der Waals surface area contributed by atoms with Crippen molar-refractivity contribution in [2.75, 3.05) is 7.11 Å². The molecule has 0 aliphatic carbocycles. The monoisotopic (exact) mass is 373 g/mol. The lowest BCUT2D eigenvalue weighted by Crippen LogP contribution is -2.23. The number of benzene rings is 2. The molecule has 0 saturated carbocycles. The van der Waals surface area contributed by atoms with E-state index in [9.17, 15) is 4.79 Å². The SMILES string of the molecule is COc1c(C(=O)NCc2c(C)cc(C)cc2C)sc2ccc(Cl)cc12. The highest BCUT2D eigenvalue weighted by atomic mass is 35.5. The van der Waals surface area contributed by atoms with Crippen molar-refractivity contribution in [3.05, 3.63) is 62.5 Å². The van der Waals surface area contributed by atoms with Crippen molar-refractivity contribution in [3.63, 3.8) is 0 Å². The summed E-state index contributed by atoms with van der Waals surface area (Å²) in [6.07, 6.45) is 0. The molecular formula is C20H20ClNO2S. The summed E-state index contributed by atoms with van der Waals surface area (Å²) in [5.74, 6) is 0.450. The van der Waals surface area contributed by atoms with Gasteiger partial charge >= 0.3 is 0 Å². The standard InChI is InChI=1S/C20H20ClNO2S/c1-11-7-12(2)16(13(3)8-11)10-22-20(23)19-18(24-4)15-9-14(21)5-6-17(15)25-19/h5-9H,10H2,1-4H3,(H,22,23). The van der Waals surface area contributed by atoms with Crippen molar-refractivity contribution >= 4 is 38.9 Å². The minimum Gasteiger partial charge on any atom is -0.494 e. The number of hydrogen-bond donors (Lipinski definition) is 1. The molecule has 1 heterocycles. The van der Waals surface area contributed by atoms with E-state index in [1.54, 1.807) is 7.11 Å². The predicted octanol–water partition coefficient (Wildman–Crippen LogP) is 5.42. The summed E-state index contributed by atoms with van der Waals surface area (Å²) in [7, 11) is 1.58. The number of halogens is 1. The second-order valence-corrected chi connectivity index (χ2v) is 7.65. The molecule has 25 heavy (non-hydrogen) atoms. The second-order valence-electron chi connectivity index (χ2n) is 6.16. The van der Waals surface area contributed by atoms with Crippen LogP contribution in [0.25, 0.3) is 10.1 Å². The van der Waals surface area contributed by atoms with Gasteiger partial charge in [0.05, 0.1) is 7.11 Å². The third kappa shape index (κ3) is 3.51. The van der Waals surface area contributed by atoms with Gasteiger partial charge in [-0.25, -0.2) is 0 Å². The van der Waals surface area contributed by atoms with Crippen molar-refractivity contribution in [3.8, 4) is 5.75 Å². The van der Waals surface area contributed by atoms with Crippen LogP contribution < -0.4 is 10.1 Å². The molecule has 130 valence electrons. The minimum absolute atomic E-state index is 0.131. The van der Waals surface area contributed by atoms with Crippen LogP contribution >= 0.6 is 22.9 Å². The van der Waals surface area contributed by atoms with E-state index < -0.39 is 0 Å². The quantitative estimate of drug-likeness (QED) is 0.663. The number of carbonyl (C=O) groups is 1. The molecule has 0 radical (unpaired) electrons. The lowest BCUT2D eigenvalue weighted by atomic mass is 10.00. The first kappa shape index (κ1) is 17.8. The van der Waals surface area contributed by atoms with Gasteiger partial charge in [0.1, 0.15) is 10.6 Å². The molecule has 0 saturated heterocycles. The maximum absolute atomic E-state index is 12.7. The number of thiophene rings is 1. The molecule has 1 amide bonds. The largest absolute Gasteiger partial charge is 0.494 e. The normalized spacial score (nSPS) is 10.9. The van der Waals surface area contributed by atoms with E-state index in [1.165, 1.54) is 28.0 Å². The summed E-state index contributed by atoms with van der Waals surface area (Å²) in [6.45, 7) is 6.72. The third-order valence-corrected chi connectivity index (χ3v) is 5.67. The number of hydrogen-bond acceptors (Lipinski definition) is 3. The Labute approximate surface area is 156 Å². The Hall–Kier alpha value is -2.04. The van der Waals surface area contributed by atoms with Gasteiger partial charge in [0.25, 0.3) is 5.91 Å².